The number of aliphatic hydroxyl groups excluding tert-OH is 3. The minimum atomic E-state index is -1.39. The van der Waals surface area contributed by atoms with Gasteiger partial charge in [-0.15, -0.1) is 12.4 Å². The maximum atomic E-state index is 14.3. The number of fused-ring (bicyclic) bond motifs is 2. The summed E-state index contributed by atoms with van der Waals surface area (Å²) in [5, 5.41) is 31.8. The van der Waals surface area contributed by atoms with Crippen LogP contribution in [0.5, 0.6) is 0 Å². The van der Waals surface area contributed by atoms with E-state index in [-0.39, 0.29) is 29.3 Å². The van der Waals surface area contributed by atoms with Gasteiger partial charge >= 0.3 is 0 Å². The van der Waals surface area contributed by atoms with Gasteiger partial charge in [-0.25, -0.2) is 14.4 Å². The highest BCUT2D eigenvalue weighted by Gasteiger charge is 2.48. The van der Waals surface area contributed by atoms with Gasteiger partial charge in [-0.2, -0.15) is 0 Å². The van der Waals surface area contributed by atoms with E-state index >= 15 is 0 Å². The molecular weight excluding hydrogens is 403 g/mol. The number of nitrogen functional groups attached to an aromatic ring is 1. The molecule has 5 atom stereocenters. The summed E-state index contributed by atoms with van der Waals surface area (Å²) in [5.74, 6) is -0.697. The maximum absolute atomic E-state index is 14.3. The summed E-state index contributed by atoms with van der Waals surface area (Å²) < 4.78 is 21.4. The van der Waals surface area contributed by atoms with E-state index in [1.165, 1.54) is 16.5 Å². The van der Waals surface area contributed by atoms with E-state index in [0.717, 1.165) is 24.6 Å². The topological polar surface area (TPSA) is 127 Å². The number of hydrogen-bond donors (Lipinski definition) is 4. The smallest absolute Gasteiger partial charge is 0.164 e. The Balaban J connectivity index is 0.00000205. The van der Waals surface area contributed by atoms with Crippen LogP contribution in [0.3, 0.4) is 0 Å². The van der Waals surface area contributed by atoms with Crippen molar-refractivity contribution in [2.45, 2.75) is 43.5 Å². The summed E-state index contributed by atoms with van der Waals surface area (Å²) in [5.41, 5.74) is 8.86. The molecule has 1 aromatic carbocycles. The van der Waals surface area contributed by atoms with Crippen molar-refractivity contribution in [3.05, 3.63) is 53.2 Å². The minimum Gasteiger partial charge on any atom is -0.387 e. The second kappa shape index (κ2) is 7.19. The average molecular weight is 423 g/mol. The fraction of sp³-hybridized carbons (Fsp3) is 0.368. The molecule has 1 saturated heterocycles. The van der Waals surface area contributed by atoms with Crippen LogP contribution in [0.25, 0.3) is 11.0 Å². The second-order valence-electron chi connectivity index (χ2n) is 7.29. The molecule has 3 heterocycles. The van der Waals surface area contributed by atoms with Gasteiger partial charge in [0.2, 0.25) is 0 Å². The van der Waals surface area contributed by atoms with Crippen molar-refractivity contribution >= 4 is 29.3 Å². The van der Waals surface area contributed by atoms with Crippen molar-refractivity contribution in [1.82, 2.24) is 14.5 Å². The molecule has 0 bridgehead atoms. The van der Waals surface area contributed by atoms with Crippen molar-refractivity contribution in [2.75, 3.05) is 5.73 Å². The van der Waals surface area contributed by atoms with Crippen molar-refractivity contribution in [3.63, 3.8) is 0 Å². The number of aromatic nitrogens is 3. The van der Waals surface area contributed by atoms with Gasteiger partial charge in [0.05, 0.1) is 5.39 Å². The molecule has 0 saturated carbocycles. The molecule has 1 fully saturated rings. The molecule has 1 aliphatic heterocycles. The third-order valence-corrected chi connectivity index (χ3v) is 5.69. The van der Waals surface area contributed by atoms with E-state index in [9.17, 15) is 19.7 Å². The normalized spacial score (nSPS) is 26.6. The second-order valence-corrected chi connectivity index (χ2v) is 7.29. The molecule has 8 nitrogen and oxygen atoms in total. The molecule has 2 aromatic heterocycles. The molecule has 29 heavy (non-hydrogen) atoms. The number of hydrogen-bond acceptors (Lipinski definition) is 7. The average Bonchev–Trinajstić information content (AvgIpc) is 3.14. The first-order chi connectivity index (χ1) is 13.5. The number of rotatable bonds is 3. The number of benzene rings is 1. The largest absolute Gasteiger partial charge is 0.387 e. The van der Waals surface area contributed by atoms with E-state index in [4.69, 9.17) is 10.5 Å². The highest BCUT2D eigenvalue weighted by molar-refractivity contribution is 5.86. The van der Waals surface area contributed by atoms with Crippen molar-refractivity contribution in [3.8, 4) is 0 Å². The summed E-state index contributed by atoms with van der Waals surface area (Å²) in [6.45, 7) is 0. The van der Waals surface area contributed by atoms with Crippen LogP contribution in [0.1, 0.15) is 29.0 Å². The van der Waals surface area contributed by atoms with Crippen LogP contribution in [0.2, 0.25) is 0 Å². The van der Waals surface area contributed by atoms with Crippen LogP contribution in [-0.2, 0) is 17.6 Å². The SMILES string of the molecule is Cl.Nc1ncnc2c1c(F)cn2[C@H]1O[C@H]([C@H](O)c2ccc3c(c2)CC3)[C@H](O)[C@@H]1O. The fourth-order valence-corrected chi connectivity index (χ4v) is 4.02. The number of nitrogens with two attached hydrogens (primary N) is 1. The van der Waals surface area contributed by atoms with E-state index in [2.05, 4.69) is 9.97 Å². The number of aliphatic hydroxyl groups is 3. The molecule has 0 radical (unpaired) electrons. The third kappa shape index (κ3) is 2.97. The van der Waals surface area contributed by atoms with Gasteiger partial charge in [-0.3, -0.25) is 0 Å². The number of ether oxygens (including phenoxy) is 1. The van der Waals surface area contributed by atoms with Gasteiger partial charge in [0.1, 0.15) is 36.6 Å². The summed E-state index contributed by atoms with van der Waals surface area (Å²) in [6, 6.07) is 5.62. The lowest BCUT2D eigenvalue weighted by Crippen LogP contribution is -2.35. The van der Waals surface area contributed by atoms with Crippen LogP contribution in [-0.4, -0.2) is 48.2 Å². The Bertz CT molecular complexity index is 1080. The van der Waals surface area contributed by atoms with Crippen molar-refractivity contribution in [2.24, 2.45) is 0 Å². The first-order valence-corrected chi connectivity index (χ1v) is 9.03. The molecule has 154 valence electrons. The number of nitrogens with zero attached hydrogens (tertiary/aromatic N) is 3. The number of anilines is 1. The zero-order valence-electron chi connectivity index (χ0n) is 15.1. The Kier molecular flexibility index (Phi) is 4.96. The Morgan fingerprint density at radius 2 is 1.93 bits per heavy atom. The minimum absolute atomic E-state index is 0. The lowest BCUT2D eigenvalue weighted by Gasteiger charge is -2.25. The predicted octanol–water partition coefficient (Wildman–Crippen LogP) is 1.03. The van der Waals surface area contributed by atoms with E-state index < -0.39 is 36.5 Å². The van der Waals surface area contributed by atoms with E-state index in [0.29, 0.717) is 5.56 Å². The van der Waals surface area contributed by atoms with Crippen LogP contribution in [0.4, 0.5) is 10.2 Å². The van der Waals surface area contributed by atoms with Crippen LogP contribution < -0.4 is 5.73 Å². The zero-order chi connectivity index (χ0) is 19.6. The lowest BCUT2D eigenvalue weighted by molar-refractivity contribution is -0.0849. The first kappa shape index (κ1) is 20.0. The van der Waals surface area contributed by atoms with Crippen molar-refractivity contribution in [1.29, 1.82) is 0 Å². The van der Waals surface area contributed by atoms with Crippen LogP contribution in [0.15, 0.2) is 30.7 Å². The molecule has 0 amide bonds. The third-order valence-electron chi connectivity index (χ3n) is 5.69. The van der Waals surface area contributed by atoms with Gasteiger partial charge in [-0.05, 0) is 29.5 Å². The predicted molar refractivity (Wildman–Crippen MR) is 104 cm³/mol. The molecule has 3 aromatic rings. The summed E-state index contributed by atoms with van der Waals surface area (Å²) >= 11 is 0. The number of aryl methyl sites for hydroxylation is 2. The monoisotopic (exact) mass is 422 g/mol. The van der Waals surface area contributed by atoms with Crippen LogP contribution >= 0.6 is 12.4 Å². The summed E-state index contributed by atoms with van der Waals surface area (Å²) in [7, 11) is 0. The zero-order valence-corrected chi connectivity index (χ0v) is 16.0. The fourth-order valence-electron chi connectivity index (χ4n) is 4.02. The quantitative estimate of drug-likeness (QED) is 0.496. The molecule has 1 aliphatic carbocycles. The van der Waals surface area contributed by atoms with E-state index in [1.807, 2.05) is 12.1 Å². The van der Waals surface area contributed by atoms with Gasteiger partial charge in [0.25, 0.3) is 0 Å². The first-order valence-electron chi connectivity index (χ1n) is 9.03. The summed E-state index contributed by atoms with van der Waals surface area (Å²) in [4.78, 5) is 7.79. The van der Waals surface area contributed by atoms with Gasteiger partial charge in [-0.1, -0.05) is 18.2 Å². The van der Waals surface area contributed by atoms with Crippen molar-refractivity contribution < 1.29 is 24.4 Å². The van der Waals surface area contributed by atoms with Gasteiger partial charge in [0, 0.05) is 6.20 Å². The Morgan fingerprint density at radius 1 is 1.17 bits per heavy atom. The maximum Gasteiger partial charge on any atom is 0.164 e. The van der Waals surface area contributed by atoms with Gasteiger partial charge < -0.3 is 30.4 Å². The standard InChI is InChI=1S/C19H19FN4O4.ClH/c20-11-6-24(18-12(11)17(21)22-7-23-18)19-15(27)14(26)16(28-19)13(25)10-4-2-8-1-3-9(8)5-10;/h2,4-7,13-16,19,25-27H,1,3H2,(H2,21,22,23);1H/t13-,14-,15+,16-,19+;/m1./s1. The lowest BCUT2D eigenvalue weighted by atomic mass is 9.85. The molecule has 10 heteroatoms. The Hall–Kier alpha value is -2.30. The highest BCUT2D eigenvalue weighted by atomic mass is 35.5. The highest BCUT2D eigenvalue weighted by Crippen LogP contribution is 2.39. The molecule has 5 rings (SSSR count). The van der Waals surface area contributed by atoms with Crippen LogP contribution in [0, 0.1) is 5.82 Å². The molecule has 0 unspecified atom stereocenters. The Labute approximate surface area is 171 Å². The van der Waals surface area contributed by atoms with E-state index in [1.54, 1.807) is 6.07 Å². The molecule has 5 N–H and O–H groups in total. The molecule has 0 spiro atoms. The summed E-state index contributed by atoms with van der Waals surface area (Å²) in [6.07, 6.45) is -1.89. The van der Waals surface area contributed by atoms with Gasteiger partial charge in [0.15, 0.2) is 17.7 Å². The number of halogens is 2. The molecular formula is C19H20ClFN4O4. The Morgan fingerprint density at radius 3 is 2.62 bits per heavy atom. The molecule has 2 aliphatic rings.